The molecule has 1 atom stereocenters. The lowest BCUT2D eigenvalue weighted by molar-refractivity contribution is -0.0228. The number of morpholine rings is 1. The maximum Gasteiger partial charge on any atom is 0.254 e. The summed E-state index contributed by atoms with van der Waals surface area (Å²) in [7, 11) is 0. The third kappa shape index (κ3) is 3.26. The first-order chi connectivity index (χ1) is 10.2. The summed E-state index contributed by atoms with van der Waals surface area (Å²) in [6, 6.07) is 17.1. The number of carbonyl (C=O) groups is 1. The summed E-state index contributed by atoms with van der Waals surface area (Å²) >= 11 is 5.96. The second-order valence-electron chi connectivity index (χ2n) is 5.03. The number of nitrogens with zero attached hydrogens (tertiary/aromatic N) is 1. The molecular formula is C17H16ClNO2. The van der Waals surface area contributed by atoms with Gasteiger partial charge in [-0.15, -0.1) is 0 Å². The lowest BCUT2D eigenvalue weighted by Crippen LogP contribution is -2.42. The number of rotatable bonds is 2. The molecule has 108 valence electrons. The molecule has 0 bridgehead atoms. The number of amides is 1. The Labute approximate surface area is 129 Å². The van der Waals surface area contributed by atoms with Crippen LogP contribution in [0.4, 0.5) is 0 Å². The molecule has 4 heteroatoms. The van der Waals surface area contributed by atoms with Crippen molar-refractivity contribution in [3.8, 4) is 0 Å². The molecule has 3 nitrogen and oxygen atoms in total. The Hall–Kier alpha value is -1.84. The fourth-order valence-corrected chi connectivity index (χ4v) is 2.70. The molecule has 1 amide bonds. The monoisotopic (exact) mass is 301 g/mol. The van der Waals surface area contributed by atoms with Crippen molar-refractivity contribution in [2.24, 2.45) is 0 Å². The second-order valence-corrected chi connectivity index (χ2v) is 5.47. The third-order valence-corrected chi connectivity index (χ3v) is 3.83. The number of carbonyl (C=O) groups excluding carboxylic acids is 1. The van der Waals surface area contributed by atoms with Crippen molar-refractivity contribution in [1.29, 1.82) is 0 Å². The molecule has 0 saturated carbocycles. The lowest BCUT2D eigenvalue weighted by atomic mass is 10.1. The van der Waals surface area contributed by atoms with Crippen LogP contribution in [-0.4, -0.2) is 30.5 Å². The van der Waals surface area contributed by atoms with Crippen LogP contribution in [0.25, 0.3) is 0 Å². The topological polar surface area (TPSA) is 29.5 Å². The molecule has 0 spiro atoms. The van der Waals surface area contributed by atoms with Gasteiger partial charge in [0.25, 0.3) is 5.91 Å². The highest BCUT2D eigenvalue weighted by Crippen LogP contribution is 2.23. The maximum atomic E-state index is 12.5. The minimum Gasteiger partial charge on any atom is -0.370 e. The molecule has 0 N–H and O–H groups in total. The second kappa shape index (κ2) is 6.29. The van der Waals surface area contributed by atoms with Crippen LogP contribution in [0.15, 0.2) is 54.6 Å². The zero-order chi connectivity index (χ0) is 14.7. The van der Waals surface area contributed by atoms with Gasteiger partial charge in [-0.1, -0.05) is 48.0 Å². The largest absolute Gasteiger partial charge is 0.370 e. The van der Waals surface area contributed by atoms with Gasteiger partial charge in [0.2, 0.25) is 0 Å². The van der Waals surface area contributed by atoms with Crippen molar-refractivity contribution in [3.05, 3.63) is 70.7 Å². The highest BCUT2D eigenvalue weighted by atomic mass is 35.5. The summed E-state index contributed by atoms with van der Waals surface area (Å²) < 4.78 is 5.78. The van der Waals surface area contributed by atoms with Crippen LogP contribution in [0.3, 0.4) is 0 Å². The Kier molecular flexibility index (Phi) is 4.23. The minimum absolute atomic E-state index is 0.00160. The fraction of sp³-hybridized carbons (Fsp3) is 0.235. The van der Waals surface area contributed by atoms with Gasteiger partial charge in [0.05, 0.1) is 13.2 Å². The first-order valence-electron chi connectivity index (χ1n) is 6.95. The smallest absolute Gasteiger partial charge is 0.254 e. The van der Waals surface area contributed by atoms with Crippen molar-refractivity contribution in [2.75, 3.05) is 19.7 Å². The normalized spacial score (nSPS) is 18.5. The van der Waals surface area contributed by atoms with E-state index >= 15 is 0 Å². The van der Waals surface area contributed by atoms with Gasteiger partial charge in [-0.2, -0.15) is 0 Å². The average molecular weight is 302 g/mol. The lowest BCUT2D eigenvalue weighted by Gasteiger charge is -2.33. The molecule has 0 radical (unpaired) electrons. The zero-order valence-corrected chi connectivity index (χ0v) is 12.3. The van der Waals surface area contributed by atoms with Gasteiger partial charge < -0.3 is 9.64 Å². The molecule has 1 saturated heterocycles. The Balaban J connectivity index is 1.75. The number of halogens is 1. The predicted octanol–water partition coefficient (Wildman–Crippen LogP) is 3.55. The van der Waals surface area contributed by atoms with E-state index in [9.17, 15) is 4.79 Å². The van der Waals surface area contributed by atoms with Crippen molar-refractivity contribution in [3.63, 3.8) is 0 Å². The van der Waals surface area contributed by atoms with E-state index in [2.05, 4.69) is 0 Å². The number of benzene rings is 2. The van der Waals surface area contributed by atoms with E-state index in [-0.39, 0.29) is 12.0 Å². The molecule has 1 aliphatic heterocycles. The molecule has 0 unspecified atom stereocenters. The quantitative estimate of drug-likeness (QED) is 0.849. The van der Waals surface area contributed by atoms with E-state index in [1.54, 1.807) is 24.3 Å². The highest BCUT2D eigenvalue weighted by Gasteiger charge is 2.26. The van der Waals surface area contributed by atoms with Gasteiger partial charge in [-0.05, 0) is 23.8 Å². The van der Waals surface area contributed by atoms with Gasteiger partial charge in [-0.3, -0.25) is 4.79 Å². The maximum absolute atomic E-state index is 12.5. The molecule has 0 aliphatic carbocycles. The molecule has 2 aromatic rings. The van der Waals surface area contributed by atoms with Gasteiger partial charge in [0, 0.05) is 17.1 Å². The standard InChI is InChI=1S/C17H16ClNO2/c18-15-8-4-7-14(11-15)17(20)19-9-10-21-16(12-19)13-5-2-1-3-6-13/h1-8,11,16H,9-10,12H2/t16-/m1/s1. The molecule has 0 aromatic heterocycles. The average Bonchev–Trinajstić information content (AvgIpc) is 2.55. The summed E-state index contributed by atoms with van der Waals surface area (Å²) in [5, 5.41) is 0.578. The van der Waals surface area contributed by atoms with Crippen LogP contribution >= 0.6 is 11.6 Å². The van der Waals surface area contributed by atoms with Crippen molar-refractivity contribution in [1.82, 2.24) is 4.90 Å². The summed E-state index contributed by atoms with van der Waals surface area (Å²) in [6.45, 7) is 1.72. The third-order valence-electron chi connectivity index (χ3n) is 3.60. The molecule has 3 rings (SSSR count). The predicted molar refractivity (Wildman–Crippen MR) is 82.5 cm³/mol. The summed E-state index contributed by atoms with van der Waals surface area (Å²) in [4.78, 5) is 14.4. The van der Waals surface area contributed by atoms with Crippen LogP contribution in [-0.2, 0) is 4.74 Å². The van der Waals surface area contributed by atoms with Crippen molar-refractivity contribution < 1.29 is 9.53 Å². The van der Waals surface area contributed by atoms with Crippen LogP contribution < -0.4 is 0 Å². The molecular weight excluding hydrogens is 286 g/mol. The van der Waals surface area contributed by atoms with Crippen LogP contribution in [0, 0.1) is 0 Å². The van der Waals surface area contributed by atoms with E-state index in [0.29, 0.717) is 30.3 Å². The highest BCUT2D eigenvalue weighted by molar-refractivity contribution is 6.30. The SMILES string of the molecule is O=C(c1cccc(Cl)c1)N1CCO[C@@H](c2ccccc2)C1. The van der Waals surface area contributed by atoms with Crippen LogP contribution in [0.2, 0.25) is 5.02 Å². The Morgan fingerprint density at radius 3 is 2.71 bits per heavy atom. The number of ether oxygens (including phenoxy) is 1. The van der Waals surface area contributed by atoms with E-state index in [1.165, 1.54) is 0 Å². The summed E-state index contributed by atoms with van der Waals surface area (Å²) in [5.74, 6) is 0.00160. The minimum atomic E-state index is -0.0666. The Morgan fingerprint density at radius 1 is 1.14 bits per heavy atom. The molecule has 1 fully saturated rings. The molecule has 21 heavy (non-hydrogen) atoms. The van der Waals surface area contributed by atoms with E-state index in [4.69, 9.17) is 16.3 Å². The van der Waals surface area contributed by atoms with E-state index < -0.39 is 0 Å². The Bertz CT molecular complexity index is 630. The first-order valence-corrected chi connectivity index (χ1v) is 7.33. The van der Waals surface area contributed by atoms with E-state index in [0.717, 1.165) is 5.56 Å². The zero-order valence-electron chi connectivity index (χ0n) is 11.5. The Morgan fingerprint density at radius 2 is 1.95 bits per heavy atom. The summed E-state index contributed by atoms with van der Waals surface area (Å²) in [6.07, 6.45) is -0.0666. The fourth-order valence-electron chi connectivity index (χ4n) is 2.51. The van der Waals surface area contributed by atoms with Crippen LogP contribution in [0.5, 0.6) is 0 Å². The summed E-state index contributed by atoms with van der Waals surface area (Å²) in [5.41, 5.74) is 1.72. The number of hydrogen-bond acceptors (Lipinski definition) is 2. The molecule has 1 aliphatic rings. The van der Waals surface area contributed by atoms with Gasteiger partial charge in [0.1, 0.15) is 6.10 Å². The number of hydrogen-bond donors (Lipinski definition) is 0. The van der Waals surface area contributed by atoms with E-state index in [1.807, 2.05) is 35.2 Å². The van der Waals surface area contributed by atoms with Crippen molar-refractivity contribution in [2.45, 2.75) is 6.10 Å². The van der Waals surface area contributed by atoms with Gasteiger partial charge in [-0.25, -0.2) is 0 Å². The molecule has 1 heterocycles. The van der Waals surface area contributed by atoms with Gasteiger partial charge >= 0.3 is 0 Å². The van der Waals surface area contributed by atoms with Crippen molar-refractivity contribution >= 4 is 17.5 Å². The first kappa shape index (κ1) is 14.1. The van der Waals surface area contributed by atoms with Gasteiger partial charge in [0.15, 0.2) is 0 Å². The van der Waals surface area contributed by atoms with Crippen LogP contribution in [0.1, 0.15) is 22.0 Å². The molecule has 2 aromatic carbocycles.